The molecule has 0 spiro atoms. The predicted octanol–water partition coefficient (Wildman–Crippen LogP) is 3.07. The van der Waals surface area contributed by atoms with Gasteiger partial charge in [0.15, 0.2) is 0 Å². The predicted molar refractivity (Wildman–Crippen MR) is 77.5 cm³/mol. The first-order valence-corrected chi connectivity index (χ1v) is 6.60. The van der Waals surface area contributed by atoms with Crippen molar-refractivity contribution in [3.63, 3.8) is 0 Å². The van der Waals surface area contributed by atoms with Gasteiger partial charge in [-0.25, -0.2) is 0 Å². The van der Waals surface area contributed by atoms with Crippen LogP contribution in [0.3, 0.4) is 0 Å². The highest BCUT2D eigenvalue weighted by Gasteiger charge is 2.04. The van der Waals surface area contributed by atoms with Gasteiger partial charge in [-0.3, -0.25) is 4.79 Å². The molecule has 0 aliphatic rings. The Hall–Kier alpha value is -2.80. The molecule has 0 fully saturated rings. The lowest BCUT2D eigenvalue weighted by Crippen LogP contribution is -2.09. The lowest BCUT2D eigenvalue weighted by atomic mass is 10.2. The van der Waals surface area contributed by atoms with Crippen molar-refractivity contribution < 1.29 is 14.3 Å². The number of para-hydroxylation sites is 1. The standard InChI is InChI=1S/C17H15NO3/c18-12-14-6-8-15(9-7-14)13-21-17(19)10-11-20-16-4-2-1-3-5-16/h1-9H,10-11,13H2. The second-order valence-electron chi connectivity index (χ2n) is 4.38. The monoisotopic (exact) mass is 281 g/mol. The molecule has 0 aromatic heterocycles. The largest absolute Gasteiger partial charge is 0.493 e. The maximum atomic E-state index is 11.6. The van der Waals surface area contributed by atoms with Gasteiger partial charge in [0, 0.05) is 0 Å². The molecule has 0 aliphatic heterocycles. The Morgan fingerprint density at radius 1 is 1.05 bits per heavy atom. The summed E-state index contributed by atoms with van der Waals surface area (Å²) in [5.41, 5.74) is 1.44. The summed E-state index contributed by atoms with van der Waals surface area (Å²) in [6.45, 7) is 0.492. The van der Waals surface area contributed by atoms with Gasteiger partial charge in [0.2, 0.25) is 0 Å². The topological polar surface area (TPSA) is 59.3 Å². The molecule has 0 saturated heterocycles. The van der Waals surface area contributed by atoms with E-state index in [4.69, 9.17) is 14.7 Å². The van der Waals surface area contributed by atoms with Gasteiger partial charge < -0.3 is 9.47 Å². The molecule has 2 aromatic carbocycles. The van der Waals surface area contributed by atoms with E-state index in [9.17, 15) is 4.79 Å². The summed E-state index contributed by atoms with van der Waals surface area (Å²) in [5, 5.41) is 8.69. The van der Waals surface area contributed by atoms with Crippen LogP contribution in [0.5, 0.6) is 5.75 Å². The summed E-state index contributed by atoms with van der Waals surface area (Å²) < 4.78 is 10.6. The number of rotatable bonds is 6. The van der Waals surface area contributed by atoms with Gasteiger partial charge in [-0.2, -0.15) is 5.26 Å². The van der Waals surface area contributed by atoms with Crippen molar-refractivity contribution in [3.05, 3.63) is 65.7 Å². The van der Waals surface area contributed by atoms with E-state index in [2.05, 4.69) is 0 Å². The van der Waals surface area contributed by atoms with Gasteiger partial charge in [-0.05, 0) is 29.8 Å². The minimum Gasteiger partial charge on any atom is -0.493 e. The smallest absolute Gasteiger partial charge is 0.309 e. The molecule has 0 radical (unpaired) electrons. The second-order valence-corrected chi connectivity index (χ2v) is 4.38. The molecule has 0 unspecified atom stereocenters. The van der Waals surface area contributed by atoms with Gasteiger partial charge >= 0.3 is 5.97 Å². The Kier molecular flexibility index (Phi) is 5.36. The summed E-state index contributed by atoms with van der Waals surface area (Å²) in [7, 11) is 0. The first-order chi connectivity index (χ1) is 10.3. The SMILES string of the molecule is N#Cc1ccc(COC(=O)CCOc2ccccc2)cc1. The van der Waals surface area contributed by atoms with Gasteiger partial charge in [0.05, 0.1) is 24.7 Å². The third kappa shape index (κ3) is 5.00. The highest BCUT2D eigenvalue weighted by molar-refractivity contribution is 5.69. The van der Waals surface area contributed by atoms with Crippen LogP contribution in [0, 0.1) is 11.3 Å². The van der Waals surface area contributed by atoms with E-state index < -0.39 is 0 Å². The van der Waals surface area contributed by atoms with Crippen LogP contribution in [0.1, 0.15) is 17.5 Å². The number of carbonyl (C=O) groups excluding carboxylic acids is 1. The summed E-state index contributed by atoms with van der Waals surface area (Å²) in [6.07, 6.45) is 0.200. The van der Waals surface area contributed by atoms with E-state index >= 15 is 0 Å². The molecule has 0 amide bonds. The minimum absolute atomic E-state index is 0.200. The number of benzene rings is 2. The molecule has 0 saturated carbocycles. The molecule has 4 heteroatoms. The van der Waals surface area contributed by atoms with Gasteiger partial charge in [0.1, 0.15) is 12.4 Å². The van der Waals surface area contributed by atoms with Gasteiger partial charge in [0.25, 0.3) is 0 Å². The van der Waals surface area contributed by atoms with Crippen molar-refractivity contribution in [1.29, 1.82) is 5.26 Å². The van der Waals surface area contributed by atoms with Crippen molar-refractivity contribution in [1.82, 2.24) is 0 Å². The van der Waals surface area contributed by atoms with Crippen molar-refractivity contribution >= 4 is 5.97 Å². The Morgan fingerprint density at radius 3 is 2.43 bits per heavy atom. The zero-order valence-electron chi connectivity index (χ0n) is 11.5. The fourth-order valence-corrected chi connectivity index (χ4v) is 1.68. The third-order valence-corrected chi connectivity index (χ3v) is 2.80. The lowest BCUT2D eigenvalue weighted by Gasteiger charge is -2.07. The van der Waals surface area contributed by atoms with E-state index in [1.54, 1.807) is 24.3 Å². The molecule has 0 atom stereocenters. The summed E-state index contributed by atoms with van der Waals surface area (Å²) in [4.78, 5) is 11.6. The quantitative estimate of drug-likeness (QED) is 0.763. The number of carbonyl (C=O) groups is 1. The lowest BCUT2D eigenvalue weighted by molar-refractivity contribution is -0.145. The molecule has 0 N–H and O–H groups in total. The molecule has 2 rings (SSSR count). The van der Waals surface area contributed by atoms with E-state index in [-0.39, 0.29) is 25.6 Å². The molecular weight excluding hydrogens is 266 g/mol. The number of hydrogen-bond donors (Lipinski definition) is 0. The number of hydrogen-bond acceptors (Lipinski definition) is 4. The maximum Gasteiger partial charge on any atom is 0.309 e. The highest BCUT2D eigenvalue weighted by atomic mass is 16.5. The molecule has 0 bridgehead atoms. The normalized spacial score (nSPS) is 9.67. The highest BCUT2D eigenvalue weighted by Crippen LogP contribution is 2.09. The summed E-state index contributed by atoms with van der Waals surface area (Å²) in [6, 6.07) is 18.3. The van der Waals surface area contributed by atoms with Crippen LogP contribution in [0.4, 0.5) is 0 Å². The molecule has 21 heavy (non-hydrogen) atoms. The van der Waals surface area contributed by atoms with Gasteiger partial charge in [-0.15, -0.1) is 0 Å². The average Bonchev–Trinajstić information content (AvgIpc) is 2.54. The van der Waals surface area contributed by atoms with Crippen molar-refractivity contribution in [3.8, 4) is 11.8 Å². The van der Waals surface area contributed by atoms with Crippen LogP contribution in [0.15, 0.2) is 54.6 Å². The Bertz CT molecular complexity index is 615. The van der Waals surface area contributed by atoms with E-state index in [1.165, 1.54) is 0 Å². The Morgan fingerprint density at radius 2 is 1.76 bits per heavy atom. The fraction of sp³-hybridized carbons (Fsp3) is 0.176. The number of nitriles is 1. The van der Waals surface area contributed by atoms with Crippen LogP contribution in [-0.4, -0.2) is 12.6 Å². The van der Waals surface area contributed by atoms with Gasteiger partial charge in [-0.1, -0.05) is 30.3 Å². The Balaban J connectivity index is 1.68. The fourth-order valence-electron chi connectivity index (χ4n) is 1.68. The summed E-state index contributed by atoms with van der Waals surface area (Å²) >= 11 is 0. The number of esters is 1. The first-order valence-electron chi connectivity index (χ1n) is 6.60. The van der Waals surface area contributed by atoms with E-state index in [0.29, 0.717) is 5.56 Å². The second kappa shape index (κ2) is 7.71. The van der Waals surface area contributed by atoms with E-state index in [0.717, 1.165) is 11.3 Å². The van der Waals surface area contributed by atoms with Crippen LogP contribution < -0.4 is 4.74 Å². The minimum atomic E-state index is -0.310. The number of ether oxygens (including phenoxy) is 2. The van der Waals surface area contributed by atoms with Crippen molar-refractivity contribution in [2.24, 2.45) is 0 Å². The molecule has 106 valence electrons. The van der Waals surface area contributed by atoms with Crippen LogP contribution in [0.2, 0.25) is 0 Å². The van der Waals surface area contributed by atoms with Crippen LogP contribution >= 0.6 is 0 Å². The van der Waals surface area contributed by atoms with Crippen LogP contribution in [-0.2, 0) is 16.1 Å². The number of nitrogens with zero attached hydrogens (tertiary/aromatic N) is 1. The van der Waals surface area contributed by atoms with Crippen molar-refractivity contribution in [2.45, 2.75) is 13.0 Å². The molecule has 0 heterocycles. The van der Waals surface area contributed by atoms with Crippen molar-refractivity contribution in [2.75, 3.05) is 6.61 Å². The Labute approximate surface area is 123 Å². The summed E-state index contributed by atoms with van der Waals surface area (Å²) in [5.74, 6) is 0.424. The van der Waals surface area contributed by atoms with E-state index in [1.807, 2.05) is 36.4 Å². The first kappa shape index (κ1) is 14.6. The zero-order chi connectivity index (χ0) is 14.9. The maximum absolute atomic E-state index is 11.6. The molecular formula is C17H15NO3. The zero-order valence-corrected chi connectivity index (χ0v) is 11.5. The molecule has 0 aliphatic carbocycles. The molecule has 4 nitrogen and oxygen atoms in total. The molecule has 2 aromatic rings. The average molecular weight is 281 g/mol. The third-order valence-electron chi connectivity index (χ3n) is 2.80. The van der Waals surface area contributed by atoms with Crippen LogP contribution in [0.25, 0.3) is 0 Å².